The van der Waals surface area contributed by atoms with Crippen LogP contribution in [0.1, 0.15) is 35.4 Å². The van der Waals surface area contributed by atoms with Gasteiger partial charge in [-0.2, -0.15) is 0 Å². The molecule has 0 bridgehead atoms. The molecule has 1 saturated heterocycles. The third kappa shape index (κ3) is 5.51. The molecule has 3 aromatic carbocycles. The van der Waals surface area contributed by atoms with Crippen molar-refractivity contribution in [2.75, 3.05) is 49.5 Å². The van der Waals surface area contributed by atoms with Crippen LogP contribution in [0.2, 0.25) is 0 Å². The number of nitrogens with zero attached hydrogens (tertiary/aromatic N) is 4. The molecule has 0 radical (unpaired) electrons. The maximum absolute atomic E-state index is 14.7. The van der Waals surface area contributed by atoms with Crippen molar-refractivity contribution in [2.45, 2.75) is 25.2 Å². The van der Waals surface area contributed by atoms with Crippen molar-refractivity contribution < 1.29 is 9.50 Å². The molecule has 1 aliphatic heterocycles. The van der Waals surface area contributed by atoms with Crippen LogP contribution in [0.25, 0.3) is 11.3 Å². The van der Waals surface area contributed by atoms with Crippen molar-refractivity contribution >= 4 is 17.3 Å². The number of hydrogen-bond acceptors (Lipinski definition) is 6. The van der Waals surface area contributed by atoms with Gasteiger partial charge in [0.2, 0.25) is 5.95 Å². The molecule has 7 heteroatoms. The van der Waals surface area contributed by atoms with Gasteiger partial charge in [-0.15, -0.1) is 0 Å². The van der Waals surface area contributed by atoms with Crippen molar-refractivity contribution in [3.05, 3.63) is 102 Å². The van der Waals surface area contributed by atoms with Crippen molar-refractivity contribution in [3.63, 3.8) is 0 Å². The van der Waals surface area contributed by atoms with E-state index < -0.39 is 0 Å². The van der Waals surface area contributed by atoms with Gasteiger partial charge >= 0.3 is 0 Å². The number of aliphatic hydroxyl groups is 1. The highest BCUT2D eigenvalue weighted by atomic mass is 19.1. The van der Waals surface area contributed by atoms with E-state index in [2.05, 4.69) is 56.5 Å². The smallest absolute Gasteiger partial charge is 0.227 e. The Morgan fingerprint density at radius 2 is 1.62 bits per heavy atom. The van der Waals surface area contributed by atoms with Gasteiger partial charge in [0.15, 0.2) is 0 Å². The summed E-state index contributed by atoms with van der Waals surface area (Å²) in [6, 6.07) is 23.7. The number of aliphatic hydroxyl groups excluding tert-OH is 1. The van der Waals surface area contributed by atoms with E-state index in [0.29, 0.717) is 17.9 Å². The van der Waals surface area contributed by atoms with Gasteiger partial charge in [0.25, 0.3) is 0 Å². The Labute approximate surface area is 229 Å². The van der Waals surface area contributed by atoms with E-state index >= 15 is 0 Å². The lowest BCUT2D eigenvalue weighted by Gasteiger charge is -2.36. The van der Waals surface area contributed by atoms with Gasteiger partial charge in [0, 0.05) is 61.8 Å². The predicted molar refractivity (Wildman–Crippen MR) is 154 cm³/mol. The monoisotopic (exact) mass is 523 g/mol. The summed E-state index contributed by atoms with van der Waals surface area (Å²) in [5.74, 6) is 0.313. The lowest BCUT2D eigenvalue weighted by molar-refractivity contribution is 0.232. The fourth-order valence-electron chi connectivity index (χ4n) is 5.79. The average Bonchev–Trinajstić information content (AvgIpc) is 2.98. The third-order valence-corrected chi connectivity index (χ3v) is 7.90. The highest BCUT2D eigenvalue weighted by molar-refractivity contribution is 5.73. The van der Waals surface area contributed by atoms with Crippen molar-refractivity contribution in [2.24, 2.45) is 0 Å². The average molecular weight is 524 g/mol. The summed E-state index contributed by atoms with van der Waals surface area (Å²) >= 11 is 0. The molecule has 39 heavy (non-hydrogen) atoms. The Kier molecular flexibility index (Phi) is 7.52. The highest BCUT2D eigenvalue weighted by Crippen LogP contribution is 2.42. The summed E-state index contributed by atoms with van der Waals surface area (Å²) in [6.07, 6.45) is 4.47. The van der Waals surface area contributed by atoms with Gasteiger partial charge in [-0.3, -0.25) is 4.90 Å². The molecule has 6 rings (SSSR count). The predicted octanol–water partition coefficient (Wildman–Crippen LogP) is 5.61. The van der Waals surface area contributed by atoms with Crippen LogP contribution in [0.4, 0.5) is 21.7 Å². The Hall–Kier alpha value is -3.81. The summed E-state index contributed by atoms with van der Waals surface area (Å²) in [5, 5.41) is 12.4. The number of halogens is 1. The number of benzene rings is 3. The Morgan fingerprint density at radius 3 is 2.38 bits per heavy atom. The number of fused-ring (bicyclic) bond motifs is 3. The third-order valence-electron chi connectivity index (χ3n) is 7.90. The molecule has 200 valence electrons. The van der Waals surface area contributed by atoms with E-state index in [1.54, 1.807) is 6.07 Å². The molecule has 6 nitrogen and oxygen atoms in total. The van der Waals surface area contributed by atoms with Crippen LogP contribution in [0, 0.1) is 5.82 Å². The fourth-order valence-corrected chi connectivity index (χ4v) is 5.79. The number of hydrogen-bond donors (Lipinski definition) is 2. The minimum atomic E-state index is -0.177. The van der Waals surface area contributed by atoms with Crippen LogP contribution in [0.5, 0.6) is 0 Å². The summed E-state index contributed by atoms with van der Waals surface area (Å²) < 4.78 is 14.7. The largest absolute Gasteiger partial charge is 0.396 e. The molecule has 2 aliphatic rings. The zero-order valence-electron chi connectivity index (χ0n) is 22.1. The number of aromatic nitrogens is 2. The first-order chi connectivity index (χ1) is 19.2. The summed E-state index contributed by atoms with van der Waals surface area (Å²) in [5.41, 5.74) is 6.93. The first kappa shape index (κ1) is 25.5. The number of anilines is 3. The topological polar surface area (TPSA) is 64.5 Å². The Balaban J connectivity index is 1.15. The maximum atomic E-state index is 14.7. The molecule has 0 spiro atoms. The number of nitrogens with one attached hydrogen (secondary N) is 1. The van der Waals surface area contributed by atoms with Crippen molar-refractivity contribution in [1.29, 1.82) is 0 Å². The van der Waals surface area contributed by atoms with Gasteiger partial charge in [0.1, 0.15) is 5.82 Å². The van der Waals surface area contributed by atoms with Gasteiger partial charge in [-0.1, -0.05) is 42.5 Å². The Bertz CT molecular complexity index is 1420. The molecule has 1 unspecified atom stereocenters. The second-order valence-corrected chi connectivity index (χ2v) is 10.4. The zero-order chi connectivity index (χ0) is 26.6. The van der Waals surface area contributed by atoms with Crippen LogP contribution < -0.4 is 10.2 Å². The molecular formula is C32H34FN5O. The highest BCUT2D eigenvalue weighted by Gasteiger charge is 2.29. The SMILES string of the molecule is OCCCCN1CCN(c2ccc(Nc3ncc4c(n3)-c3ccccc3C(c3ccccc3F)C4)cc2)CC1. The molecule has 0 amide bonds. The van der Waals surface area contributed by atoms with E-state index in [9.17, 15) is 4.39 Å². The van der Waals surface area contributed by atoms with E-state index in [0.717, 1.165) is 73.6 Å². The van der Waals surface area contributed by atoms with E-state index in [1.807, 2.05) is 30.5 Å². The van der Waals surface area contributed by atoms with E-state index in [1.165, 1.54) is 11.8 Å². The second-order valence-electron chi connectivity index (χ2n) is 10.4. The second kappa shape index (κ2) is 11.5. The zero-order valence-corrected chi connectivity index (χ0v) is 22.1. The quantitative estimate of drug-likeness (QED) is 0.293. The molecular weight excluding hydrogens is 489 g/mol. The normalized spacial score (nSPS) is 17.0. The number of rotatable bonds is 8. The summed E-state index contributed by atoms with van der Waals surface area (Å²) in [7, 11) is 0. The molecule has 0 saturated carbocycles. The molecule has 1 aliphatic carbocycles. The summed E-state index contributed by atoms with van der Waals surface area (Å²) in [4.78, 5) is 14.4. The van der Waals surface area contributed by atoms with Crippen LogP contribution in [-0.2, 0) is 6.42 Å². The van der Waals surface area contributed by atoms with Gasteiger partial charge in [-0.25, -0.2) is 14.4 Å². The minimum absolute atomic E-state index is 0.0627. The van der Waals surface area contributed by atoms with E-state index in [-0.39, 0.29) is 18.3 Å². The lowest BCUT2D eigenvalue weighted by Crippen LogP contribution is -2.46. The van der Waals surface area contributed by atoms with Crippen LogP contribution in [0.15, 0.2) is 79.0 Å². The first-order valence-corrected chi connectivity index (χ1v) is 13.8. The van der Waals surface area contributed by atoms with Crippen LogP contribution in [0.3, 0.4) is 0 Å². The van der Waals surface area contributed by atoms with Crippen LogP contribution in [-0.4, -0.2) is 59.3 Å². The Morgan fingerprint density at radius 1 is 0.872 bits per heavy atom. The molecule has 2 heterocycles. The van der Waals surface area contributed by atoms with Gasteiger partial charge in [-0.05, 0) is 72.8 Å². The molecule has 1 atom stereocenters. The first-order valence-electron chi connectivity index (χ1n) is 13.8. The van der Waals surface area contributed by atoms with Crippen LogP contribution >= 0.6 is 0 Å². The maximum Gasteiger partial charge on any atom is 0.227 e. The molecule has 1 aromatic heterocycles. The van der Waals surface area contributed by atoms with Crippen molar-refractivity contribution in [3.8, 4) is 11.3 Å². The molecule has 4 aromatic rings. The summed E-state index contributed by atoms with van der Waals surface area (Å²) in [6.45, 7) is 5.45. The van der Waals surface area contributed by atoms with Gasteiger partial charge < -0.3 is 15.3 Å². The van der Waals surface area contributed by atoms with Gasteiger partial charge in [0.05, 0.1) is 5.69 Å². The number of piperazine rings is 1. The minimum Gasteiger partial charge on any atom is -0.396 e. The fraction of sp³-hybridized carbons (Fsp3) is 0.312. The molecule has 1 fully saturated rings. The van der Waals surface area contributed by atoms with E-state index in [4.69, 9.17) is 10.1 Å². The number of unbranched alkanes of at least 4 members (excludes halogenated alkanes) is 1. The van der Waals surface area contributed by atoms with Crippen molar-refractivity contribution in [1.82, 2.24) is 14.9 Å². The molecule has 2 N–H and O–H groups in total. The lowest BCUT2D eigenvalue weighted by atomic mass is 9.78. The standard InChI is InChI=1S/C32H34FN5O/c33-30-10-4-3-8-27(30)29-21-23-22-34-32(36-31(23)28-9-2-1-7-26(28)29)35-24-11-13-25(14-12-24)38-18-16-37(17-19-38)15-5-6-20-39/h1-4,7-14,22,29,39H,5-6,15-21H2,(H,34,35,36).